The molecular weight excluding hydrogens is 388 g/mol. The summed E-state index contributed by atoms with van der Waals surface area (Å²) in [5.41, 5.74) is 3.33. The second-order valence-electron chi connectivity index (χ2n) is 6.42. The average Bonchev–Trinajstić information content (AvgIpc) is 3.32. The molecule has 4 nitrogen and oxygen atoms in total. The lowest BCUT2D eigenvalue weighted by atomic mass is 9.91. The molecule has 0 spiro atoms. The molecule has 0 unspecified atom stereocenters. The lowest BCUT2D eigenvalue weighted by molar-refractivity contribution is 0.786. The van der Waals surface area contributed by atoms with Gasteiger partial charge in [-0.15, -0.1) is 10.2 Å². The van der Waals surface area contributed by atoms with Crippen molar-refractivity contribution in [1.29, 1.82) is 0 Å². The van der Waals surface area contributed by atoms with E-state index in [0.717, 1.165) is 32.5 Å². The van der Waals surface area contributed by atoms with E-state index in [9.17, 15) is 0 Å². The standard InChI is InChI=1S/C22H15ClN4S/c23-18-13-11-17(12-14-18)21-26-27-20(24-25-22(27)28-21)19(15-7-3-1-4-8-15)16-9-5-2-6-10-16/h1-14,19H. The van der Waals surface area contributed by atoms with Crippen LogP contribution in [0, 0.1) is 0 Å². The van der Waals surface area contributed by atoms with E-state index in [1.54, 1.807) is 0 Å². The van der Waals surface area contributed by atoms with Gasteiger partial charge in [-0.25, -0.2) is 0 Å². The van der Waals surface area contributed by atoms with Crippen molar-refractivity contribution in [3.05, 3.63) is 107 Å². The number of benzene rings is 3. The SMILES string of the molecule is Clc1ccc(-c2nn3c(C(c4ccccc4)c4ccccc4)nnc3s2)cc1. The Balaban J connectivity index is 1.66. The Morgan fingerprint density at radius 3 is 1.96 bits per heavy atom. The van der Waals surface area contributed by atoms with Gasteiger partial charge in [-0.05, 0) is 23.3 Å². The zero-order chi connectivity index (χ0) is 18.9. The molecule has 136 valence electrons. The number of halogens is 1. The summed E-state index contributed by atoms with van der Waals surface area (Å²) in [5.74, 6) is 0.765. The van der Waals surface area contributed by atoms with Crippen LogP contribution in [0.5, 0.6) is 0 Å². The summed E-state index contributed by atoms with van der Waals surface area (Å²) in [7, 11) is 0. The van der Waals surface area contributed by atoms with E-state index in [1.807, 2.05) is 65.2 Å². The van der Waals surface area contributed by atoms with E-state index in [0.29, 0.717) is 5.02 Å². The first-order valence-electron chi connectivity index (χ1n) is 8.87. The molecule has 6 heteroatoms. The van der Waals surface area contributed by atoms with Crippen LogP contribution in [0.3, 0.4) is 0 Å². The van der Waals surface area contributed by atoms with Crippen molar-refractivity contribution in [2.45, 2.75) is 5.92 Å². The van der Waals surface area contributed by atoms with E-state index < -0.39 is 0 Å². The molecule has 0 atom stereocenters. The number of hydrogen-bond acceptors (Lipinski definition) is 4. The molecule has 0 aliphatic rings. The van der Waals surface area contributed by atoms with Crippen LogP contribution in [0.1, 0.15) is 22.9 Å². The van der Waals surface area contributed by atoms with Crippen LogP contribution >= 0.6 is 22.9 Å². The summed E-state index contributed by atoms with van der Waals surface area (Å²) >= 11 is 7.53. The summed E-state index contributed by atoms with van der Waals surface area (Å²) in [6.45, 7) is 0. The van der Waals surface area contributed by atoms with Gasteiger partial charge in [-0.1, -0.05) is 95.7 Å². The molecule has 0 radical (unpaired) electrons. The maximum absolute atomic E-state index is 6.01. The van der Waals surface area contributed by atoms with Crippen LogP contribution in [0.15, 0.2) is 84.9 Å². The monoisotopic (exact) mass is 402 g/mol. The summed E-state index contributed by atoms with van der Waals surface area (Å²) < 4.78 is 1.86. The minimum absolute atomic E-state index is 0.0439. The smallest absolute Gasteiger partial charge is 0.186 e. The molecule has 0 amide bonds. The van der Waals surface area contributed by atoms with E-state index in [2.05, 4.69) is 34.5 Å². The van der Waals surface area contributed by atoms with Crippen LogP contribution in [-0.2, 0) is 0 Å². The molecule has 28 heavy (non-hydrogen) atoms. The molecule has 0 saturated heterocycles. The van der Waals surface area contributed by atoms with E-state index >= 15 is 0 Å². The van der Waals surface area contributed by atoms with Gasteiger partial charge in [0.25, 0.3) is 0 Å². The van der Waals surface area contributed by atoms with Crippen molar-refractivity contribution in [3.8, 4) is 10.6 Å². The minimum atomic E-state index is -0.0439. The predicted molar refractivity (Wildman–Crippen MR) is 113 cm³/mol. The van der Waals surface area contributed by atoms with Gasteiger partial charge >= 0.3 is 0 Å². The van der Waals surface area contributed by atoms with Gasteiger partial charge < -0.3 is 0 Å². The first kappa shape index (κ1) is 17.1. The second kappa shape index (κ2) is 7.19. The minimum Gasteiger partial charge on any atom is -0.186 e. The Hall–Kier alpha value is -3.02. The highest BCUT2D eigenvalue weighted by Gasteiger charge is 2.24. The van der Waals surface area contributed by atoms with Crippen molar-refractivity contribution in [1.82, 2.24) is 19.8 Å². The first-order chi connectivity index (χ1) is 13.8. The molecule has 0 N–H and O–H groups in total. The normalized spacial score (nSPS) is 11.4. The largest absolute Gasteiger partial charge is 0.235 e. The van der Waals surface area contributed by atoms with Gasteiger partial charge in [0, 0.05) is 10.6 Å². The summed E-state index contributed by atoms with van der Waals surface area (Å²) in [4.78, 5) is 0.775. The summed E-state index contributed by atoms with van der Waals surface area (Å²) in [5, 5.41) is 15.3. The highest BCUT2D eigenvalue weighted by atomic mass is 35.5. The molecule has 0 fully saturated rings. The van der Waals surface area contributed by atoms with E-state index in [1.165, 1.54) is 11.3 Å². The first-order valence-corrected chi connectivity index (χ1v) is 10.1. The third kappa shape index (κ3) is 3.09. The second-order valence-corrected chi connectivity index (χ2v) is 7.81. The number of hydrogen-bond donors (Lipinski definition) is 0. The van der Waals surface area contributed by atoms with Gasteiger partial charge in [0.05, 0.1) is 5.92 Å². The van der Waals surface area contributed by atoms with Gasteiger partial charge in [0.1, 0.15) is 5.01 Å². The number of aromatic nitrogens is 4. The molecule has 0 aliphatic carbocycles. The van der Waals surface area contributed by atoms with Crippen molar-refractivity contribution in [2.24, 2.45) is 0 Å². The fraction of sp³-hybridized carbons (Fsp3) is 0.0455. The van der Waals surface area contributed by atoms with Crippen molar-refractivity contribution in [2.75, 3.05) is 0 Å². The zero-order valence-corrected chi connectivity index (χ0v) is 16.3. The van der Waals surface area contributed by atoms with Gasteiger partial charge in [-0.3, -0.25) is 0 Å². The number of nitrogens with zero attached hydrogens (tertiary/aromatic N) is 4. The molecule has 0 bridgehead atoms. The Labute approximate surface area is 171 Å². The lowest BCUT2D eigenvalue weighted by Gasteiger charge is -2.15. The summed E-state index contributed by atoms with van der Waals surface area (Å²) in [6.07, 6.45) is 0. The van der Waals surface area contributed by atoms with Gasteiger partial charge in [0.2, 0.25) is 4.96 Å². The van der Waals surface area contributed by atoms with Crippen LogP contribution in [0.4, 0.5) is 0 Å². The molecule has 0 aliphatic heterocycles. The Kier molecular flexibility index (Phi) is 4.39. The Morgan fingerprint density at radius 2 is 1.36 bits per heavy atom. The van der Waals surface area contributed by atoms with Crippen LogP contribution in [-0.4, -0.2) is 19.8 Å². The maximum Gasteiger partial charge on any atom is 0.235 e. The lowest BCUT2D eigenvalue weighted by Crippen LogP contribution is -2.08. The predicted octanol–water partition coefficient (Wildman–Crippen LogP) is 5.69. The Morgan fingerprint density at radius 1 is 0.750 bits per heavy atom. The fourth-order valence-electron chi connectivity index (χ4n) is 3.30. The number of rotatable bonds is 4. The number of fused-ring (bicyclic) bond motifs is 1. The van der Waals surface area contributed by atoms with Gasteiger partial charge in [-0.2, -0.15) is 9.61 Å². The van der Waals surface area contributed by atoms with Crippen molar-refractivity contribution in [3.63, 3.8) is 0 Å². The maximum atomic E-state index is 6.01. The molecular formula is C22H15ClN4S. The van der Waals surface area contributed by atoms with Crippen molar-refractivity contribution < 1.29 is 0 Å². The fourth-order valence-corrected chi connectivity index (χ4v) is 4.28. The molecule has 0 saturated carbocycles. The molecule has 3 aromatic carbocycles. The van der Waals surface area contributed by atoms with Crippen LogP contribution in [0.25, 0.3) is 15.5 Å². The van der Waals surface area contributed by atoms with Crippen molar-refractivity contribution >= 4 is 27.9 Å². The molecule has 5 aromatic rings. The molecule has 2 heterocycles. The molecule has 2 aromatic heterocycles. The van der Waals surface area contributed by atoms with Gasteiger partial charge in [0.15, 0.2) is 5.82 Å². The quantitative estimate of drug-likeness (QED) is 0.388. The highest BCUT2D eigenvalue weighted by Crippen LogP contribution is 2.33. The topological polar surface area (TPSA) is 43.1 Å². The average molecular weight is 403 g/mol. The van der Waals surface area contributed by atoms with E-state index in [4.69, 9.17) is 16.7 Å². The van der Waals surface area contributed by atoms with E-state index in [-0.39, 0.29) is 5.92 Å². The zero-order valence-electron chi connectivity index (χ0n) is 14.7. The van der Waals surface area contributed by atoms with Crippen LogP contribution < -0.4 is 0 Å². The summed E-state index contributed by atoms with van der Waals surface area (Å²) in [6, 6.07) is 28.4. The highest BCUT2D eigenvalue weighted by molar-refractivity contribution is 7.19. The van der Waals surface area contributed by atoms with Crippen LogP contribution in [0.2, 0.25) is 5.02 Å². The molecule has 5 rings (SSSR count). The third-order valence-corrected chi connectivity index (χ3v) is 5.83. The third-order valence-electron chi connectivity index (χ3n) is 4.63. The Bertz CT molecular complexity index is 1170.